The largest absolute Gasteiger partial charge is 0.355 e. The third-order valence-corrected chi connectivity index (χ3v) is 0.356. The molecular weight excluding hydrogens is 168 g/mol. The summed E-state index contributed by atoms with van der Waals surface area (Å²) in [4.78, 5) is 4.05. The normalized spacial score (nSPS) is 10.4. The Morgan fingerprint density at radius 2 is 1.64 bits per heavy atom. The molecule has 0 aliphatic heterocycles. The number of hydrogen-bond donors (Lipinski definition) is 1. The molecule has 0 saturated carbocycles. The van der Waals surface area contributed by atoms with Gasteiger partial charge in [0.05, 0.1) is 0 Å². The lowest BCUT2D eigenvalue weighted by atomic mass is 11.4. The van der Waals surface area contributed by atoms with Gasteiger partial charge in [-0.15, -0.1) is 0 Å². The molecule has 9 heteroatoms. The average molecular weight is 174 g/mol. The second kappa shape index (κ2) is 9.64. The standard InChI is InChI=1S/C2H6O9/c1-4-2-5-7-9-11-10-8-6-3/h3H,2H2,1H3. The second-order valence-electron chi connectivity index (χ2n) is 0.939. The smallest absolute Gasteiger partial charge is 0.183 e. The van der Waals surface area contributed by atoms with E-state index in [9.17, 15) is 0 Å². The number of ether oxygens (including phenoxy) is 1. The highest BCUT2D eigenvalue weighted by atomic mass is 17.9. The van der Waals surface area contributed by atoms with E-state index in [0.717, 1.165) is 0 Å². The number of methoxy groups -OCH3 is 1. The topological polar surface area (TPSA) is 94.1 Å². The van der Waals surface area contributed by atoms with Crippen LogP contribution in [0.3, 0.4) is 0 Å². The summed E-state index contributed by atoms with van der Waals surface area (Å²) in [6.07, 6.45) is 0. The van der Waals surface area contributed by atoms with E-state index in [-0.39, 0.29) is 6.79 Å². The summed E-state index contributed by atoms with van der Waals surface area (Å²) < 4.78 is 4.35. The molecule has 0 spiro atoms. The van der Waals surface area contributed by atoms with Crippen LogP contribution < -0.4 is 0 Å². The summed E-state index contributed by atoms with van der Waals surface area (Å²) >= 11 is 0. The number of hydrogen-bond acceptors (Lipinski definition) is 9. The van der Waals surface area contributed by atoms with Crippen molar-refractivity contribution in [2.45, 2.75) is 0 Å². The van der Waals surface area contributed by atoms with Crippen LogP contribution in [-0.2, 0) is 39.9 Å². The summed E-state index contributed by atoms with van der Waals surface area (Å²) in [5.74, 6) is 0. The van der Waals surface area contributed by atoms with Crippen molar-refractivity contribution in [1.82, 2.24) is 0 Å². The Kier molecular flexibility index (Phi) is 9.32. The molecule has 0 heterocycles. The molecule has 0 rings (SSSR count). The minimum atomic E-state index is -0.166. The molecule has 1 N–H and O–H groups in total. The Balaban J connectivity index is 2.69. The first-order valence-corrected chi connectivity index (χ1v) is 2.17. The molecule has 0 unspecified atom stereocenters. The van der Waals surface area contributed by atoms with Gasteiger partial charge >= 0.3 is 0 Å². The van der Waals surface area contributed by atoms with E-state index < -0.39 is 0 Å². The third kappa shape index (κ3) is 9.64. The van der Waals surface area contributed by atoms with Crippen molar-refractivity contribution in [3.63, 3.8) is 0 Å². The maximum atomic E-state index is 7.43. The van der Waals surface area contributed by atoms with Crippen molar-refractivity contribution in [2.75, 3.05) is 13.9 Å². The van der Waals surface area contributed by atoms with E-state index in [1.165, 1.54) is 7.11 Å². The Labute approximate surface area is 60.3 Å². The van der Waals surface area contributed by atoms with E-state index in [4.69, 9.17) is 5.26 Å². The minimum absolute atomic E-state index is 0.166. The quantitative estimate of drug-likeness (QED) is 0.229. The van der Waals surface area contributed by atoms with Gasteiger partial charge in [-0.25, -0.2) is 5.26 Å². The molecule has 0 saturated heterocycles. The van der Waals surface area contributed by atoms with Crippen molar-refractivity contribution in [3.05, 3.63) is 0 Å². The Morgan fingerprint density at radius 1 is 1.00 bits per heavy atom. The molecule has 0 aromatic rings. The highest BCUT2D eigenvalue weighted by molar-refractivity contribution is 3.78. The molecule has 0 radical (unpaired) electrons. The maximum absolute atomic E-state index is 7.43. The molecular formula is C2H6O9. The fraction of sp³-hybridized carbons (Fsp3) is 1.00. The molecule has 11 heavy (non-hydrogen) atoms. The summed E-state index contributed by atoms with van der Waals surface area (Å²) in [6.45, 7) is -0.166. The lowest BCUT2D eigenvalue weighted by Crippen LogP contribution is -2.02. The predicted molar refractivity (Wildman–Crippen MR) is 22.1 cm³/mol. The Hall–Kier alpha value is -0.360. The first kappa shape index (κ1) is 10.6. The van der Waals surface area contributed by atoms with Crippen LogP contribution in [0.15, 0.2) is 0 Å². The van der Waals surface area contributed by atoms with Crippen LogP contribution in [0.4, 0.5) is 0 Å². The molecule has 0 aliphatic carbocycles. The maximum Gasteiger partial charge on any atom is 0.183 e. The molecule has 9 nitrogen and oxygen atoms in total. The van der Waals surface area contributed by atoms with Gasteiger partial charge in [0.25, 0.3) is 0 Å². The van der Waals surface area contributed by atoms with E-state index in [1.807, 2.05) is 0 Å². The molecule has 0 fully saturated rings. The monoisotopic (exact) mass is 174 g/mol. The van der Waals surface area contributed by atoms with Gasteiger partial charge in [0, 0.05) is 7.11 Å². The van der Waals surface area contributed by atoms with Gasteiger partial charge < -0.3 is 4.74 Å². The van der Waals surface area contributed by atoms with Crippen LogP contribution >= 0.6 is 0 Å². The van der Waals surface area contributed by atoms with Gasteiger partial charge in [-0.1, -0.05) is 0 Å². The van der Waals surface area contributed by atoms with Crippen LogP contribution in [0.25, 0.3) is 0 Å². The van der Waals surface area contributed by atoms with Gasteiger partial charge in [-0.3, -0.25) is 0 Å². The van der Waals surface area contributed by atoms with E-state index in [0.29, 0.717) is 0 Å². The highest BCUT2D eigenvalue weighted by Gasteiger charge is 1.91. The Bertz CT molecular complexity index is 56.6. The van der Waals surface area contributed by atoms with E-state index in [1.54, 1.807) is 0 Å². The summed E-state index contributed by atoms with van der Waals surface area (Å²) in [5.41, 5.74) is 0. The van der Waals surface area contributed by atoms with Gasteiger partial charge in [-0.05, 0) is 30.2 Å². The fourth-order valence-electron chi connectivity index (χ4n) is 0.134. The lowest BCUT2D eigenvalue weighted by Gasteiger charge is -1.97. The molecule has 0 aromatic carbocycles. The number of rotatable bonds is 8. The summed E-state index contributed by atoms with van der Waals surface area (Å²) in [5, 5.41) is 27.9. The lowest BCUT2D eigenvalue weighted by molar-refractivity contribution is -0.813. The summed E-state index contributed by atoms with van der Waals surface area (Å²) in [6, 6.07) is 0. The Morgan fingerprint density at radius 3 is 2.27 bits per heavy atom. The zero-order chi connectivity index (χ0) is 8.36. The zero-order valence-electron chi connectivity index (χ0n) is 5.42. The zero-order valence-corrected chi connectivity index (χ0v) is 5.42. The first-order chi connectivity index (χ1) is 5.41. The predicted octanol–water partition coefficient (Wildman–Crippen LogP) is -0.331. The third-order valence-electron chi connectivity index (χ3n) is 0.356. The molecule has 0 atom stereocenters. The van der Waals surface area contributed by atoms with Crippen molar-refractivity contribution in [2.24, 2.45) is 0 Å². The van der Waals surface area contributed by atoms with Crippen LogP contribution in [0, 0.1) is 0 Å². The highest BCUT2D eigenvalue weighted by Crippen LogP contribution is 1.86. The molecule has 68 valence electrons. The van der Waals surface area contributed by atoms with Crippen LogP contribution in [0.1, 0.15) is 0 Å². The molecule has 0 bridgehead atoms. The van der Waals surface area contributed by atoms with Gasteiger partial charge in [0.15, 0.2) is 6.79 Å². The SMILES string of the molecule is COCOOOOOOOO. The minimum Gasteiger partial charge on any atom is -0.355 e. The molecule has 0 aliphatic rings. The average Bonchev–Trinajstić information content (AvgIpc) is 2.03. The van der Waals surface area contributed by atoms with Crippen molar-refractivity contribution in [1.29, 1.82) is 0 Å². The first-order valence-electron chi connectivity index (χ1n) is 2.17. The van der Waals surface area contributed by atoms with E-state index >= 15 is 0 Å². The van der Waals surface area contributed by atoms with Gasteiger partial charge in [-0.2, -0.15) is 4.89 Å². The van der Waals surface area contributed by atoms with Crippen LogP contribution in [0.5, 0.6) is 0 Å². The van der Waals surface area contributed by atoms with Crippen LogP contribution in [0.2, 0.25) is 0 Å². The van der Waals surface area contributed by atoms with Crippen molar-refractivity contribution < 1.29 is 45.1 Å². The second-order valence-corrected chi connectivity index (χ2v) is 0.939. The fourth-order valence-corrected chi connectivity index (χ4v) is 0.134. The molecule has 0 amide bonds. The van der Waals surface area contributed by atoms with Crippen molar-refractivity contribution >= 4 is 0 Å². The summed E-state index contributed by atoms with van der Waals surface area (Å²) in [7, 11) is 1.36. The molecule has 0 aromatic heterocycles. The van der Waals surface area contributed by atoms with E-state index in [2.05, 4.69) is 39.9 Å². The van der Waals surface area contributed by atoms with Gasteiger partial charge in [0.1, 0.15) is 0 Å². The van der Waals surface area contributed by atoms with Crippen molar-refractivity contribution in [3.8, 4) is 0 Å². The van der Waals surface area contributed by atoms with Crippen LogP contribution in [-0.4, -0.2) is 19.2 Å². The van der Waals surface area contributed by atoms with Gasteiger partial charge in [0.2, 0.25) is 0 Å².